The van der Waals surface area contributed by atoms with Crippen LogP contribution in [0, 0.1) is 5.82 Å². The lowest BCUT2D eigenvalue weighted by atomic mass is 10.0. The van der Waals surface area contributed by atoms with Crippen LogP contribution in [0.15, 0.2) is 88.0 Å². The van der Waals surface area contributed by atoms with Crippen molar-refractivity contribution in [1.29, 1.82) is 0 Å². The molecule has 1 N–H and O–H groups in total. The van der Waals surface area contributed by atoms with Crippen LogP contribution in [0.3, 0.4) is 0 Å². The van der Waals surface area contributed by atoms with E-state index in [1.54, 1.807) is 24.6 Å². The van der Waals surface area contributed by atoms with Crippen LogP contribution in [0.2, 0.25) is 0 Å². The summed E-state index contributed by atoms with van der Waals surface area (Å²) < 4.78 is 24.4. The Morgan fingerprint density at radius 2 is 1.77 bits per heavy atom. The van der Waals surface area contributed by atoms with Gasteiger partial charge < -0.3 is 8.83 Å². The molecule has 4 aromatic rings. The normalized spacial score (nSPS) is 12.2. The molecule has 0 saturated heterocycles. The Balaban J connectivity index is 1.51. The lowest BCUT2D eigenvalue weighted by Gasteiger charge is -2.16. The van der Waals surface area contributed by atoms with Gasteiger partial charge in [-0.3, -0.25) is 5.32 Å². The zero-order valence-electron chi connectivity index (χ0n) is 13.9. The number of aromatic nitrogens is 1. The molecule has 0 radical (unpaired) electrons. The second-order valence-corrected chi connectivity index (χ2v) is 5.87. The van der Waals surface area contributed by atoms with E-state index >= 15 is 0 Å². The molecular weight excluding hydrogens is 331 g/mol. The molecule has 4 nitrogen and oxygen atoms in total. The summed E-state index contributed by atoms with van der Waals surface area (Å²) in [6.07, 6.45) is 3.30. The predicted molar refractivity (Wildman–Crippen MR) is 95.7 cm³/mol. The van der Waals surface area contributed by atoms with Crippen molar-refractivity contribution < 1.29 is 13.2 Å². The van der Waals surface area contributed by atoms with Gasteiger partial charge >= 0.3 is 0 Å². The quantitative estimate of drug-likeness (QED) is 0.535. The van der Waals surface area contributed by atoms with Crippen molar-refractivity contribution in [2.45, 2.75) is 12.6 Å². The van der Waals surface area contributed by atoms with Gasteiger partial charge in [0, 0.05) is 5.56 Å². The maximum atomic E-state index is 13.0. The number of oxazole rings is 1. The van der Waals surface area contributed by atoms with Gasteiger partial charge in [-0.2, -0.15) is 0 Å². The van der Waals surface area contributed by atoms with E-state index in [-0.39, 0.29) is 11.9 Å². The second-order valence-electron chi connectivity index (χ2n) is 5.87. The highest BCUT2D eigenvalue weighted by molar-refractivity contribution is 5.55. The van der Waals surface area contributed by atoms with E-state index in [0.29, 0.717) is 18.2 Å². The van der Waals surface area contributed by atoms with E-state index in [1.165, 1.54) is 12.1 Å². The predicted octanol–water partition coefficient (Wildman–Crippen LogP) is 4.95. The third-order valence-corrected chi connectivity index (χ3v) is 4.10. The fourth-order valence-electron chi connectivity index (χ4n) is 2.81. The lowest BCUT2D eigenvalue weighted by molar-refractivity contribution is 0.416. The molecule has 0 fully saturated rings. The smallest absolute Gasteiger partial charge is 0.208 e. The summed E-state index contributed by atoms with van der Waals surface area (Å²) in [7, 11) is 0. The minimum Gasteiger partial charge on any atom is -0.467 e. The Kier molecular flexibility index (Phi) is 4.62. The van der Waals surface area contributed by atoms with Gasteiger partial charge in [0.2, 0.25) is 5.89 Å². The van der Waals surface area contributed by atoms with Gasteiger partial charge in [0.05, 0.1) is 25.0 Å². The molecule has 26 heavy (non-hydrogen) atoms. The second kappa shape index (κ2) is 7.37. The molecule has 0 saturated carbocycles. The highest BCUT2D eigenvalue weighted by Gasteiger charge is 2.17. The van der Waals surface area contributed by atoms with E-state index in [1.807, 2.05) is 42.5 Å². The summed E-state index contributed by atoms with van der Waals surface area (Å²) in [6, 6.07) is 19.9. The van der Waals surface area contributed by atoms with Crippen LogP contribution in [0.1, 0.15) is 23.3 Å². The largest absolute Gasteiger partial charge is 0.467 e. The monoisotopic (exact) mass is 348 g/mol. The van der Waals surface area contributed by atoms with Crippen LogP contribution < -0.4 is 5.32 Å². The molecule has 0 aliphatic rings. The summed E-state index contributed by atoms with van der Waals surface area (Å²) in [5.74, 6) is 1.70. The summed E-state index contributed by atoms with van der Waals surface area (Å²) in [4.78, 5) is 4.31. The van der Waals surface area contributed by atoms with Gasteiger partial charge in [-0.25, -0.2) is 9.37 Å². The van der Waals surface area contributed by atoms with Crippen molar-refractivity contribution >= 4 is 0 Å². The number of halogens is 1. The number of rotatable bonds is 6. The molecular formula is C21H17FN2O2. The maximum absolute atomic E-state index is 13.0. The molecule has 0 aliphatic heterocycles. The number of furan rings is 1. The number of nitrogens with one attached hydrogen (secondary N) is 1. The van der Waals surface area contributed by atoms with Crippen molar-refractivity contribution in [3.05, 3.63) is 102 Å². The molecule has 2 heterocycles. The van der Waals surface area contributed by atoms with Crippen molar-refractivity contribution in [2.24, 2.45) is 0 Å². The number of benzene rings is 2. The number of nitrogens with zero attached hydrogens (tertiary/aromatic N) is 1. The third-order valence-electron chi connectivity index (χ3n) is 4.10. The molecule has 2 aromatic heterocycles. The summed E-state index contributed by atoms with van der Waals surface area (Å²) in [5.41, 5.74) is 1.88. The van der Waals surface area contributed by atoms with Crippen molar-refractivity contribution in [1.82, 2.24) is 10.3 Å². The summed E-state index contributed by atoms with van der Waals surface area (Å²) >= 11 is 0. The van der Waals surface area contributed by atoms with E-state index in [0.717, 1.165) is 16.9 Å². The van der Waals surface area contributed by atoms with Gasteiger partial charge in [0.1, 0.15) is 11.6 Å². The zero-order valence-corrected chi connectivity index (χ0v) is 13.9. The minimum atomic E-state index is -0.278. The molecule has 0 unspecified atom stereocenters. The molecule has 0 bridgehead atoms. The molecule has 1 atom stereocenters. The van der Waals surface area contributed by atoms with Crippen molar-refractivity contribution in [3.63, 3.8) is 0 Å². The Morgan fingerprint density at radius 3 is 2.50 bits per heavy atom. The highest BCUT2D eigenvalue weighted by atomic mass is 19.1. The molecule has 0 spiro atoms. The van der Waals surface area contributed by atoms with Gasteiger partial charge in [-0.1, -0.05) is 30.3 Å². The Labute approximate surface area is 150 Å². The fraction of sp³-hybridized carbons (Fsp3) is 0.0952. The third kappa shape index (κ3) is 3.58. The Hall–Kier alpha value is -3.18. The first-order valence-corrected chi connectivity index (χ1v) is 8.32. The fourth-order valence-corrected chi connectivity index (χ4v) is 2.81. The van der Waals surface area contributed by atoms with Crippen LogP contribution in [-0.4, -0.2) is 4.98 Å². The number of hydrogen-bond donors (Lipinski definition) is 1. The molecule has 0 aliphatic carbocycles. The first-order chi connectivity index (χ1) is 12.8. The first kappa shape index (κ1) is 16.3. The Morgan fingerprint density at radius 1 is 0.962 bits per heavy atom. The van der Waals surface area contributed by atoms with Gasteiger partial charge in [0.15, 0.2) is 5.76 Å². The lowest BCUT2D eigenvalue weighted by Crippen LogP contribution is -2.21. The van der Waals surface area contributed by atoms with Crippen molar-refractivity contribution in [2.75, 3.05) is 0 Å². The molecule has 2 aromatic carbocycles. The first-order valence-electron chi connectivity index (χ1n) is 8.32. The summed E-state index contributed by atoms with van der Waals surface area (Å²) in [5, 5.41) is 3.42. The standard InChI is InChI=1S/C21H17FN2O2/c22-17-10-8-15(9-11-17)19-13-23-20(26-19)14-24-21(18-7-4-12-25-18)16-5-2-1-3-6-16/h1-13,21,24H,14H2/t21-/m1/s1. The number of hydrogen-bond acceptors (Lipinski definition) is 4. The maximum Gasteiger partial charge on any atom is 0.208 e. The van der Waals surface area contributed by atoms with Crippen LogP contribution in [0.4, 0.5) is 4.39 Å². The van der Waals surface area contributed by atoms with Gasteiger partial charge in [-0.05, 0) is 42.0 Å². The van der Waals surface area contributed by atoms with E-state index in [4.69, 9.17) is 8.83 Å². The molecule has 130 valence electrons. The average molecular weight is 348 g/mol. The average Bonchev–Trinajstić information content (AvgIpc) is 3.36. The topological polar surface area (TPSA) is 51.2 Å². The van der Waals surface area contributed by atoms with E-state index in [2.05, 4.69) is 10.3 Å². The van der Waals surface area contributed by atoms with Crippen LogP contribution >= 0.6 is 0 Å². The molecule has 4 rings (SSSR count). The molecule has 0 amide bonds. The Bertz CT molecular complexity index is 947. The molecule has 5 heteroatoms. The van der Waals surface area contributed by atoms with Gasteiger partial charge in [-0.15, -0.1) is 0 Å². The SMILES string of the molecule is Fc1ccc(-c2cnc(CN[C@H](c3ccccc3)c3ccco3)o2)cc1. The summed E-state index contributed by atoms with van der Waals surface area (Å²) in [6.45, 7) is 0.432. The van der Waals surface area contributed by atoms with Gasteiger partial charge in [0.25, 0.3) is 0 Å². The van der Waals surface area contributed by atoms with Crippen LogP contribution in [0.5, 0.6) is 0 Å². The minimum absolute atomic E-state index is 0.104. The van der Waals surface area contributed by atoms with Crippen molar-refractivity contribution in [3.8, 4) is 11.3 Å². The van der Waals surface area contributed by atoms with Crippen LogP contribution in [0.25, 0.3) is 11.3 Å². The van der Waals surface area contributed by atoms with Crippen LogP contribution in [-0.2, 0) is 6.54 Å². The van der Waals surface area contributed by atoms with E-state index < -0.39 is 0 Å². The highest BCUT2D eigenvalue weighted by Crippen LogP contribution is 2.24. The van der Waals surface area contributed by atoms with E-state index in [9.17, 15) is 4.39 Å². The zero-order chi connectivity index (χ0) is 17.8.